The monoisotopic (exact) mass is 278 g/mol. The Morgan fingerprint density at radius 3 is 2.62 bits per heavy atom. The third-order valence-corrected chi connectivity index (χ3v) is 3.32. The van der Waals surface area contributed by atoms with Gasteiger partial charge in [0.05, 0.1) is 5.56 Å². The molecular formula is C17H14N2O2. The van der Waals surface area contributed by atoms with Gasteiger partial charge in [0.15, 0.2) is 0 Å². The molecule has 0 aliphatic rings. The van der Waals surface area contributed by atoms with Gasteiger partial charge in [0.25, 0.3) is 5.91 Å². The summed E-state index contributed by atoms with van der Waals surface area (Å²) in [6.45, 7) is 0. The van der Waals surface area contributed by atoms with Crippen molar-refractivity contribution in [1.82, 2.24) is 0 Å². The summed E-state index contributed by atoms with van der Waals surface area (Å²) in [5.74, 6) is -0.341. The number of carbonyl (C=O) groups excluding carboxylic acids is 1. The number of nitrogen functional groups attached to an aromatic ring is 1. The minimum absolute atomic E-state index is 0.00673. The average Bonchev–Trinajstić information content (AvgIpc) is 2.50. The Labute approximate surface area is 121 Å². The van der Waals surface area contributed by atoms with Crippen molar-refractivity contribution < 1.29 is 9.90 Å². The number of phenolic OH excluding ortho intramolecular Hbond substituents is 1. The van der Waals surface area contributed by atoms with E-state index in [0.717, 1.165) is 10.8 Å². The van der Waals surface area contributed by atoms with Crippen LogP contribution in [0.25, 0.3) is 10.8 Å². The highest BCUT2D eigenvalue weighted by Crippen LogP contribution is 2.25. The highest BCUT2D eigenvalue weighted by molar-refractivity contribution is 6.11. The molecule has 0 fully saturated rings. The van der Waals surface area contributed by atoms with Gasteiger partial charge in [-0.15, -0.1) is 0 Å². The van der Waals surface area contributed by atoms with E-state index in [1.807, 2.05) is 42.5 Å². The summed E-state index contributed by atoms with van der Waals surface area (Å²) >= 11 is 0. The number of benzene rings is 3. The molecule has 0 radical (unpaired) electrons. The normalized spacial score (nSPS) is 10.5. The molecule has 0 bridgehead atoms. The highest BCUT2D eigenvalue weighted by atomic mass is 16.3. The standard InChI is InChI=1S/C17H14N2O2/c18-15-9-8-12(20)10-14(15)17(21)19-16-7-3-5-11-4-1-2-6-13(11)16/h1-10,20H,18H2,(H,19,21). The lowest BCUT2D eigenvalue weighted by atomic mass is 10.1. The molecule has 4 heteroatoms. The lowest BCUT2D eigenvalue weighted by Gasteiger charge is -2.10. The first-order valence-electron chi connectivity index (χ1n) is 6.53. The third-order valence-electron chi connectivity index (χ3n) is 3.32. The van der Waals surface area contributed by atoms with Crippen LogP contribution in [-0.4, -0.2) is 11.0 Å². The molecule has 0 unspecified atom stereocenters. The fraction of sp³-hybridized carbons (Fsp3) is 0. The molecule has 3 rings (SSSR count). The van der Waals surface area contributed by atoms with Crippen molar-refractivity contribution in [2.24, 2.45) is 0 Å². The number of anilines is 2. The van der Waals surface area contributed by atoms with Gasteiger partial charge < -0.3 is 16.2 Å². The second-order valence-corrected chi connectivity index (χ2v) is 4.75. The van der Waals surface area contributed by atoms with Crippen LogP contribution in [0.1, 0.15) is 10.4 Å². The maximum Gasteiger partial charge on any atom is 0.257 e. The Bertz CT molecular complexity index is 823. The van der Waals surface area contributed by atoms with Crippen LogP contribution in [0.2, 0.25) is 0 Å². The van der Waals surface area contributed by atoms with E-state index in [9.17, 15) is 9.90 Å². The fourth-order valence-corrected chi connectivity index (χ4v) is 2.26. The zero-order valence-electron chi connectivity index (χ0n) is 11.2. The van der Waals surface area contributed by atoms with Crippen LogP contribution in [0.3, 0.4) is 0 Å². The molecular weight excluding hydrogens is 264 g/mol. The summed E-state index contributed by atoms with van der Waals surface area (Å²) < 4.78 is 0. The number of amides is 1. The number of nitrogens with two attached hydrogens (primary N) is 1. The molecule has 21 heavy (non-hydrogen) atoms. The van der Waals surface area contributed by atoms with Crippen LogP contribution >= 0.6 is 0 Å². The predicted octanol–water partition coefficient (Wildman–Crippen LogP) is 3.38. The van der Waals surface area contributed by atoms with E-state index in [2.05, 4.69) is 5.32 Å². The maximum atomic E-state index is 12.3. The summed E-state index contributed by atoms with van der Waals surface area (Å²) in [5, 5.41) is 14.3. The molecule has 1 amide bonds. The van der Waals surface area contributed by atoms with Crippen molar-refractivity contribution >= 4 is 28.1 Å². The highest BCUT2D eigenvalue weighted by Gasteiger charge is 2.12. The van der Waals surface area contributed by atoms with Crippen molar-refractivity contribution in [2.45, 2.75) is 0 Å². The Balaban J connectivity index is 1.99. The Morgan fingerprint density at radius 1 is 1.00 bits per heavy atom. The van der Waals surface area contributed by atoms with Crippen molar-refractivity contribution in [3.63, 3.8) is 0 Å². The van der Waals surface area contributed by atoms with Gasteiger partial charge in [0.2, 0.25) is 0 Å². The number of fused-ring (bicyclic) bond motifs is 1. The zero-order chi connectivity index (χ0) is 14.8. The quantitative estimate of drug-likeness (QED) is 0.497. The molecule has 3 aromatic rings. The van der Waals surface area contributed by atoms with Gasteiger partial charge in [-0.2, -0.15) is 0 Å². The number of phenols is 1. The van der Waals surface area contributed by atoms with Crippen molar-refractivity contribution in [3.05, 3.63) is 66.2 Å². The first-order valence-corrected chi connectivity index (χ1v) is 6.53. The molecule has 0 atom stereocenters. The summed E-state index contributed by atoms with van der Waals surface area (Å²) in [6, 6.07) is 17.8. The second kappa shape index (κ2) is 5.17. The number of carbonyl (C=O) groups is 1. The summed E-state index contributed by atoms with van der Waals surface area (Å²) in [4.78, 5) is 12.3. The van der Waals surface area contributed by atoms with E-state index in [0.29, 0.717) is 11.4 Å². The smallest absolute Gasteiger partial charge is 0.257 e. The molecule has 0 saturated carbocycles. The van der Waals surface area contributed by atoms with Crippen LogP contribution in [0.15, 0.2) is 60.7 Å². The van der Waals surface area contributed by atoms with Crippen LogP contribution in [0.5, 0.6) is 5.75 Å². The molecule has 4 nitrogen and oxygen atoms in total. The largest absolute Gasteiger partial charge is 0.508 e. The minimum atomic E-state index is -0.347. The molecule has 4 N–H and O–H groups in total. The van der Waals surface area contributed by atoms with Gasteiger partial charge >= 0.3 is 0 Å². The van der Waals surface area contributed by atoms with E-state index in [-0.39, 0.29) is 17.2 Å². The zero-order valence-corrected chi connectivity index (χ0v) is 11.2. The lowest BCUT2D eigenvalue weighted by molar-refractivity contribution is 0.102. The average molecular weight is 278 g/mol. The van der Waals surface area contributed by atoms with Gasteiger partial charge in [-0.1, -0.05) is 36.4 Å². The molecule has 0 aliphatic heterocycles. The van der Waals surface area contributed by atoms with Gasteiger partial charge in [-0.3, -0.25) is 4.79 Å². The molecule has 0 aliphatic carbocycles. The van der Waals surface area contributed by atoms with Gasteiger partial charge in [-0.05, 0) is 29.7 Å². The van der Waals surface area contributed by atoms with Gasteiger partial charge in [-0.25, -0.2) is 0 Å². The fourth-order valence-electron chi connectivity index (χ4n) is 2.26. The number of aromatic hydroxyl groups is 1. The second-order valence-electron chi connectivity index (χ2n) is 4.75. The molecule has 0 saturated heterocycles. The lowest BCUT2D eigenvalue weighted by Crippen LogP contribution is -2.14. The molecule has 3 aromatic carbocycles. The Morgan fingerprint density at radius 2 is 1.76 bits per heavy atom. The van der Waals surface area contributed by atoms with Crippen molar-refractivity contribution in [3.8, 4) is 5.75 Å². The topological polar surface area (TPSA) is 75.3 Å². The van der Waals surface area contributed by atoms with Crippen LogP contribution in [-0.2, 0) is 0 Å². The maximum absolute atomic E-state index is 12.3. The van der Waals surface area contributed by atoms with Gasteiger partial charge in [0.1, 0.15) is 5.75 Å². The number of rotatable bonds is 2. The van der Waals surface area contributed by atoms with E-state index < -0.39 is 0 Å². The summed E-state index contributed by atoms with van der Waals surface area (Å²) in [7, 11) is 0. The summed E-state index contributed by atoms with van der Waals surface area (Å²) in [5.41, 5.74) is 7.07. The van der Waals surface area contributed by atoms with Gasteiger partial charge in [0, 0.05) is 16.8 Å². The van der Waals surface area contributed by atoms with E-state index in [4.69, 9.17) is 5.73 Å². The Hall–Kier alpha value is -3.01. The first-order chi connectivity index (χ1) is 10.1. The predicted molar refractivity (Wildman–Crippen MR) is 84.4 cm³/mol. The van der Waals surface area contributed by atoms with Crippen molar-refractivity contribution in [2.75, 3.05) is 11.1 Å². The van der Waals surface area contributed by atoms with Crippen LogP contribution in [0.4, 0.5) is 11.4 Å². The van der Waals surface area contributed by atoms with Crippen LogP contribution < -0.4 is 11.1 Å². The van der Waals surface area contributed by atoms with Crippen LogP contribution in [0, 0.1) is 0 Å². The number of nitrogens with one attached hydrogen (secondary N) is 1. The van der Waals surface area contributed by atoms with Crippen molar-refractivity contribution in [1.29, 1.82) is 0 Å². The Kier molecular flexibility index (Phi) is 3.20. The SMILES string of the molecule is Nc1ccc(O)cc1C(=O)Nc1cccc2ccccc12. The molecule has 0 heterocycles. The first kappa shape index (κ1) is 13.0. The number of hydrogen-bond donors (Lipinski definition) is 3. The van der Waals surface area contributed by atoms with E-state index in [1.165, 1.54) is 18.2 Å². The molecule has 104 valence electrons. The molecule has 0 spiro atoms. The summed E-state index contributed by atoms with van der Waals surface area (Å²) in [6.07, 6.45) is 0. The minimum Gasteiger partial charge on any atom is -0.508 e. The van der Waals surface area contributed by atoms with E-state index in [1.54, 1.807) is 0 Å². The number of hydrogen-bond acceptors (Lipinski definition) is 3. The van der Waals surface area contributed by atoms with E-state index >= 15 is 0 Å². The third kappa shape index (κ3) is 2.51. The molecule has 0 aromatic heterocycles.